The number of carbonyl (C=O) groups excluding carboxylic acids is 1. The Balaban J connectivity index is 1.26. The first-order chi connectivity index (χ1) is 17.2. The number of halogens is 2. The number of hydrogen-bond acceptors (Lipinski definition) is 5. The lowest BCUT2D eigenvalue weighted by Crippen LogP contribution is -2.55. The number of hydrogen-bond donors (Lipinski definition) is 0. The van der Waals surface area contributed by atoms with Gasteiger partial charge in [0.05, 0.1) is 11.7 Å². The van der Waals surface area contributed by atoms with Gasteiger partial charge in [-0.2, -0.15) is 0 Å². The molecule has 3 heterocycles. The van der Waals surface area contributed by atoms with Crippen LogP contribution in [0.25, 0.3) is 0 Å². The molecule has 0 bridgehead atoms. The molecule has 1 aliphatic carbocycles. The summed E-state index contributed by atoms with van der Waals surface area (Å²) in [5.74, 6) is 0. The fourth-order valence-electron chi connectivity index (χ4n) is 5.89. The lowest BCUT2D eigenvalue weighted by Gasteiger charge is -2.44. The molecule has 3 aliphatic rings. The number of ether oxygens (including phenoxy) is 1. The first-order valence-electron chi connectivity index (χ1n) is 13.1. The van der Waals surface area contributed by atoms with Crippen LogP contribution in [-0.2, 0) is 17.6 Å². The Kier molecular flexibility index (Phi) is 7.64. The number of pyridine rings is 1. The molecule has 1 atom stereocenters. The summed E-state index contributed by atoms with van der Waals surface area (Å²) in [6.45, 7) is 11.1. The number of piperidine rings is 1. The van der Waals surface area contributed by atoms with E-state index in [1.165, 1.54) is 22.4 Å². The van der Waals surface area contributed by atoms with Crippen LogP contribution in [0.3, 0.4) is 0 Å². The summed E-state index contributed by atoms with van der Waals surface area (Å²) in [5.41, 5.74) is 4.73. The third-order valence-corrected chi connectivity index (χ3v) is 8.31. The van der Waals surface area contributed by atoms with E-state index >= 15 is 0 Å². The highest BCUT2D eigenvalue weighted by Crippen LogP contribution is 2.39. The highest BCUT2D eigenvalue weighted by molar-refractivity contribution is 9.10. The third kappa shape index (κ3) is 5.74. The number of aromatic nitrogens is 1. The van der Waals surface area contributed by atoms with Gasteiger partial charge in [-0.25, -0.2) is 4.79 Å². The van der Waals surface area contributed by atoms with Crippen molar-refractivity contribution in [1.82, 2.24) is 19.7 Å². The maximum atomic E-state index is 12.4. The van der Waals surface area contributed by atoms with Crippen LogP contribution in [0, 0.1) is 0 Å². The Bertz CT molecular complexity index is 1050. The number of piperazine rings is 1. The predicted octanol–water partition coefficient (Wildman–Crippen LogP) is 5.70. The largest absolute Gasteiger partial charge is 0.444 e. The second-order valence-corrected chi connectivity index (χ2v) is 12.6. The van der Waals surface area contributed by atoms with Gasteiger partial charge < -0.3 is 9.64 Å². The van der Waals surface area contributed by atoms with Crippen molar-refractivity contribution in [3.8, 4) is 0 Å². The second kappa shape index (κ2) is 10.6. The normalized spacial score (nSPS) is 22.0. The van der Waals surface area contributed by atoms with E-state index in [-0.39, 0.29) is 12.1 Å². The summed E-state index contributed by atoms with van der Waals surface area (Å²) in [6.07, 6.45) is 5.95. The zero-order valence-corrected chi connectivity index (χ0v) is 23.8. The monoisotopic (exact) mass is 574 g/mol. The Morgan fingerprint density at radius 2 is 1.69 bits per heavy atom. The second-order valence-electron chi connectivity index (χ2n) is 11.2. The molecule has 6 nitrogen and oxygen atoms in total. The first-order valence-corrected chi connectivity index (χ1v) is 14.2. The van der Waals surface area contributed by atoms with Gasteiger partial charge in [0.2, 0.25) is 0 Å². The predicted molar refractivity (Wildman–Crippen MR) is 147 cm³/mol. The number of likely N-dealkylation sites (tertiary alicyclic amines) is 1. The average molecular weight is 576 g/mol. The zero-order chi connectivity index (χ0) is 25.4. The van der Waals surface area contributed by atoms with Crippen molar-refractivity contribution in [3.05, 3.63) is 62.3 Å². The number of amides is 1. The Labute approximate surface area is 228 Å². The van der Waals surface area contributed by atoms with Crippen molar-refractivity contribution in [2.75, 3.05) is 39.3 Å². The van der Waals surface area contributed by atoms with Gasteiger partial charge in [-0.1, -0.05) is 17.7 Å². The van der Waals surface area contributed by atoms with Crippen LogP contribution < -0.4 is 0 Å². The Hall–Kier alpha value is -1.67. The molecule has 0 N–H and O–H groups in total. The molecule has 2 aromatic rings. The maximum Gasteiger partial charge on any atom is 0.410 e. The summed E-state index contributed by atoms with van der Waals surface area (Å²) in [7, 11) is 0. The molecule has 36 heavy (non-hydrogen) atoms. The molecule has 8 heteroatoms. The van der Waals surface area contributed by atoms with Crippen LogP contribution in [0.4, 0.5) is 4.79 Å². The Morgan fingerprint density at radius 3 is 2.39 bits per heavy atom. The van der Waals surface area contributed by atoms with Crippen LogP contribution in [0.1, 0.15) is 62.0 Å². The molecule has 2 aliphatic heterocycles. The van der Waals surface area contributed by atoms with E-state index in [1.807, 2.05) is 37.9 Å². The van der Waals surface area contributed by atoms with E-state index in [4.69, 9.17) is 21.3 Å². The van der Waals surface area contributed by atoms with Gasteiger partial charge in [0.1, 0.15) is 5.60 Å². The van der Waals surface area contributed by atoms with E-state index in [0.29, 0.717) is 6.04 Å². The van der Waals surface area contributed by atoms with E-state index in [2.05, 4.69) is 43.9 Å². The summed E-state index contributed by atoms with van der Waals surface area (Å²) in [4.78, 5) is 24.4. The highest BCUT2D eigenvalue weighted by Gasteiger charge is 2.35. The molecule has 1 unspecified atom stereocenters. The van der Waals surface area contributed by atoms with Crippen LogP contribution in [0.2, 0.25) is 5.02 Å². The number of carbonyl (C=O) groups is 1. The van der Waals surface area contributed by atoms with Gasteiger partial charge in [-0.3, -0.25) is 14.8 Å². The number of rotatable bonds is 2. The van der Waals surface area contributed by atoms with Gasteiger partial charge in [-0.05, 0) is 97.3 Å². The molecule has 0 spiro atoms. The van der Waals surface area contributed by atoms with Gasteiger partial charge in [0.25, 0.3) is 0 Å². The SMILES string of the molecule is CC(C)(C)OC(=O)N1CCN(C2CCN(C3c4ccc(Cl)cc4CCc4cc(Br)cnc43)CC2)CC1. The summed E-state index contributed by atoms with van der Waals surface area (Å²) < 4.78 is 6.60. The van der Waals surface area contributed by atoms with Crippen LogP contribution in [-0.4, -0.2) is 76.7 Å². The van der Waals surface area contributed by atoms with Crippen molar-refractivity contribution in [1.29, 1.82) is 0 Å². The molecule has 2 fully saturated rings. The van der Waals surface area contributed by atoms with Crippen LogP contribution in [0.5, 0.6) is 0 Å². The molecule has 2 saturated heterocycles. The standard InChI is InChI=1S/C28H36BrClN4O2/c1-28(2,3)36-27(35)34-14-12-32(13-15-34)23-8-10-33(11-9-23)26-24-7-6-22(30)17-19(24)4-5-20-16-21(29)18-31-25(20)26/h6-7,16-18,23,26H,4-5,8-15H2,1-3H3. The van der Waals surface area contributed by atoms with Crippen molar-refractivity contribution in [3.63, 3.8) is 0 Å². The van der Waals surface area contributed by atoms with E-state index < -0.39 is 5.60 Å². The molecular formula is C28H36BrClN4O2. The summed E-state index contributed by atoms with van der Waals surface area (Å²) >= 11 is 10.0. The number of fused-ring (bicyclic) bond motifs is 2. The van der Waals surface area contributed by atoms with E-state index in [0.717, 1.165) is 74.4 Å². The van der Waals surface area contributed by atoms with Gasteiger partial charge in [-0.15, -0.1) is 0 Å². The quantitative estimate of drug-likeness (QED) is 0.460. The Morgan fingerprint density at radius 1 is 1.00 bits per heavy atom. The molecule has 1 aromatic heterocycles. The average Bonchev–Trinajstić information content (AvgIpc) is 2.99. The smallest absolute Gasteiger partial charge is 0.410 e. The maximum absolute atomic E-state index is 12.4. The molecule has 0 saturated carbocycles. The lowest BCUT2D eigenvalue weighted by molar-refractivity contribution is 0.00475. The highest BCUT2D eigenvalue weighted by atomic mass is 79.9. The fraction of sp³-hybridized carbons (Fsp3) is 0.571. The molecular weight excluding hydrogens is 540 g/mol. The van der Waals surface area contributed by atoms with Gasteiger partial charge >= 0.3 is 6.09 Å². The van der Waals surface area contributed by atoms with Crippen molar-refractivity contribution in [2.45, 2.75) is 64.1 Å². The number of nitrogens with zero attached hydrogens (tertiary/aromatic N) is 4. The number of benzene rings is 1. The number of aryl methyl sites for hydroxylation is 2. The molecule has 5 rings (SSSR count). The van der Waals surface area contributed by atoms with Crippen molar-refractivity contribution < 1.29 is 9.53 Å². The van der Waals surface area contributed by atoms with E-state index in [1.54, 1.807) is 0 Å². The summed E-state index contributed by atoms with van der Waals surface area (Å²) in [6, 6.07) is 9.32. The lowest BCUT2D eigenvalue weighted by atomic mass is 9.93. The minimum atomic E-state index is -0.452. The van der Waals surface area contributed by atoms with Crippen LogP contribution in [0.15, 0.2) is 34.9 Å². The third-order valence-electron chi connectivity index (χ3n) is 7.64. The zero-order valence-electron chi connectivity index (χ0n) is 21.5. The minimum absolute atomic E-state index is 0.160. The van der Waals surface area contributed by atoms with E-state index in [9.17, 15) is 4.79 Å². The van der Waals surface area contributed by atoms with Gasteiger partial charge in [0, 0.05) is 61.0 Å². The fourth-order valence-corrected chi connectivity index (χ4v) is 6.46. The van der Waals surface area contributed by atoms with Crippen molar-refractivity contribution >= 4 is 33.6 Å². The first kappa shape index (κ1) is 26.0. The van der Waals surface area contributed by atoms with Gasteiger partial charge in [0.15, 0.2) is 0 Å². The topological polar surface area (TPSA) is 48.9 Å². The van der Waals surface area contributed by atoms with Crippen molar-refractivity contribution in [2.24, 2.45) is 0 Å². The van der Waals surface area contributed by atoms with Crippen LogP contribution >= 0.6 is 27.5 Å². The molecule has 1 amide bonds. The molecule has 194 valence electrons. The summed E-state index contributed by atoms with van der Waals surface area (Å²) in [5, 5.41) is 0.803. The molecule has 0 radical (unpaired) electrons. The molecule has 1 aromatic carbocycles. The minimum Gasteiger partial charge on any atom is -0.444 e.